The number of aromatic nitrogens is 4. The van der Waals surface area contributed by atoms with E-state index in [2.05, 4.69) is 40.6 Å². The van der Waals surface area contributed by atoms with Crippen LogP contribution in [-0.4, -0.2) is 89.9 Å². The first-order chi connectivity index (χ1) is 21.5. The lowest BCUT2D eigenvalue weighted by Crippen LogP contribution is -2.36. The van der Waals surface area contributed by atoms with E-state index < -0.39 is 38.4 Å². The SMILES string of the molecule is CCN(CCN(C)C)c1ccc(C(=O)Nc2n[nH]c3c2CN(S(=O)(=O)c2cc(F)cc(F)c2)CC3)c(NC(=O)c2cnc[nH]2)c1. The molecule has 4 aromatic rings. The highest BCUT2D eigenvalue weighted by Crippen LogP contribution is 2.30. The number of imidazole rings is 1. The van der Waals surface area contributed by atoms with Crippen molar-refractivity contribution in [3.63, 3.8) is 0 Å². The maximum absolute atomic E-state index is 13.8. The van der Waals surface area contributed by atoms with Crippen LogP contribution in [0.25, 0.3) is 0 Å². The molecule has 0 spiro atoms. The Morgan fingerprint density at radius 2 is 1.80 bits per heavy atom. The van der Waals surface area contributed by atoms with E-state index in [1.54, 1.807) is 18.2 Å². The zero-order valence-corrected chi connectivity index (χ0v) is 25.7. The summed E-state index contributed by atoms with van der Waals surface area (Å²) in [6.07, 6.45) is 2.96. The Hall–Kier alpha value is -4.67. The van der Waals surface area contributed by atoms with Crippen LogP contribution in [0.4, 0.5) is 26.0 Å². The molecule has 2 aromatic heterocycles. The Bertz CT molecular complexity index is 1790. The summed E-state index contributed by atoms with van der Waals surface area (Å²) in [6, 6.07) is 7.21. The largest absolute Gasteiger partial charge is 0.370 e. The molecule has 2 aromatic carbocycles. The molecule has 1 aliphatic heterocycles. The van der Waals surface area contributed by atoms with Gasteiger partial charge in [-0.25, -0.2) is 22.2 Å². The number of carbonyl (C=O) groups is 2. The van der Waals surface area contributed by atoms with Crippen LogP contribution in [0.15, 0.2) is 53.8 Å². The molecule has 0 unspecified atom stereocenters. The number of hydrogen-bond acceptors (Lipinski definition) is 8. The fraction of sp³-hybridized carbons (Fsp3) is 0.310. The fourth-order valence-electron chi connectivity index (χ4n) is 4.97. The van der Waals surface area contributed by atoms with Crippen LogP contribution in [0.2, 0.25) is 0 Å². The number of hydrogen-bond donors (Lipinski definition) is 4. The van der Waals surface area contributed by atoms with Crippen LogP contribution in [0, 0.1) is 11.6 Å². The van der Waals surface area contributed by atoms with Gasteiger partial charge in [0, 0.05) is 62.2 Å². The molecular formula is C29H33F2N9O4S. The monoisotopic (exact) mass is 641 g/mol. The fourth-order valence-corrected chi connectivity index (χ4v) is 6.42. The Kier molecular flexibility index (Phi) is 9.27. The topological polar surface area (TPSA) is 159 Å². The molecule has 3 heterocycles. The molecule has 45 heavy (non-hydrogen) atoms. The van der Waals surface area contributed by atoms with Crippen LogP contribution < -0.4 is 15.5 Å². The molecule has 1 aliphatic rings. The van der Waals surface area contributed by atoms with Gasteiger partial charge in [-0.3, -0.25) is 14.7 Å². The van der Waals surface area contributed by atoms with E-state index in [9.17, 15) is 26.8 Å². The second kappa shape index (κ2) is 13.1. The summed E-state index contributed by atoms with van der Waals surface area (Å²) in [4.78, 5) is 36.9. The minimum absolute atomic E-state index is 0.0377. The van der Waals surface area contributed by atoms with Crippen LogP contribution in [0.3, 0.4) is 0 Å². The van der Waals surface area contributed by atoms with Gasteiger partial charge in [0.05, 0.1) is 28.7 Å². The zero-order chi connectivity index (χ0) is 32.3. The second-order valence-corrected chi connectivity index (χ2v) is 12.6. The van der Waals surface area contributed by atoms with Gasteiger partial charge in [-0.05, 0) is 51.4 Å². The van der Waals surface area contributed by atoms with Crippen molar-refractivity contribution in [2.45, 2.75) is 24.8 Å². The maximum atomic E-state index is 13.8. The first-order valence-corrected chi connectivity index (χ1v) is 15.6. The maximum Gasteiger partial charge on any atom is 0.273 e. The molecular weight excluding hydrogens is 608 g/mol. The molecule has 5 rings (SSSR count). The predicted molar refractivity (Wildman–Crippen MR) is 164 cm³/mol. The number of sulfonamides is 1. The summed E-state index contributed by atoms with van der Waals surface area (Å²) in [7, 11) is -0.310. The number of aromatic amines is 2. The van der Waals surface area contributed by atoms with E-state index in [1.807, 2.05) is 21.0 Å². The van der Waals surface area contributed by atoms with Crippen molar-refractivity contribution >= 4 is 39.0 Å². The predicted octanol–water partition coefficient (Wildman–Crippen LogP) is 3.05. The summed E-state index contributed by atoms with van der Waals surface area (Å²) in [6.45, 7) is 4.04. The molecule has 13 nitrogen and oxygen atoms in total. The summed E-state index contributed by atoms with van der Waals surface area (Å²) >= 11 is 0. The average Bonchev–Trinajstić information content (AvgIpc) is 3.68. The molecule has 16 heteroatoms. The third-order valence-electron chi connectivity index (χ3n) is 7.41. The molecule has 0 saturated carbocycles. The number of likely N-dealkylation sites (N-methyl/N-ethyl adjacent to an activating group) is 2. The summed E-state index contributed by atoms with van der Waals surface area (Å²) in [5, 5.41) is 12.6. The lowest BCUT2D eigenvalue weighted by molar-refractivity contribution is 0.102. The van der Waals surface area contributed by atoms with Gasteiger partial charge in [0.15, 0.2) is 5.82 Å². The number of benzene rings is 2. The van der Waals surface area contributed by atoms with Gasteiger partial charge in [-0.15, -0.1) is 0 Å². The number of nitrogens with one attached hydrogen (secondary N) is 4. The van der Waals surface area contributed by atoms with Gasteiger partial charge in [-0.2, -0.15) is 9.40 Å². The highest BCUT2D eigenvalue weighted by Gasteiger charge is 2.32. The lowest BCUT2D eigenvalue weighted by atomic mass is 10.1. The molecule has 0 radical (unpaired) electrons. The van der Waals surface area contributed by atoms with Gasteiger partial charge < -0.3 is 25.4 Å². The van der Waals surface area contributed by atoms with Crippen molar-refractivity contribution in [1.82, 2.24) is 29.4 Å². The van der Waals surface area contributed by atoms with E-state index in [4.69, 9.17) is 0 Å². The van der Waals surface area contributed by atoms with Crippen LogP contribution in [0.5, 0.6) is 0 Å². The van der Waals surface area contributed by atoms with Crippen molar-refractivity contribution in [3.05, 3.63) is 83.1 Å². The quantitative estimate of drug-likeness (QED) is 0.195. The molecule has 0 fully saturated rings. The number of carbonyl (C=O) groups excluding carboxylic acids is 2. The molecule has 0 atom stereocenters. The van der Waals surface area contributed by atoms with Crippen molar-refractivity contribution in [2.75, 3.05) is 55.8 Å². The first-order valence-electron chi connectivity index (χ1n) is 14.1. The number of anilines is 3. The Balaban J connectivity index is 1.41. The van der Waals surface area contributed by atoms with E-state index in [0.29, 0.717) is 30.4 Å². The van der Waals surface area contributed by atoms with Gasteiger partial charge >= 0.3 is 0 Å². The Morgan fingerprint density at radius 3 is 2.47 bits per heavy atom. The summed E-state index contributed by atoms with van der Waals surface area (Å²) in [5.41, 5.74) is 2.41. The first kappa shape index (κ1) is 31.7. The van der Waals surface area contributed by atoms with Gasteiger partial charge in [0.1, 0.15) is 17.3 Å². The highest BCUT2D eigenvalue weighted by molar-refractivity contribution is 7.89. The number of halogens is 2. The molecule has 2 amide bonds. The molecule has 4 N–H and O–H groups in total. The smallest absolute Gasteiger partial charge is 0.273 e. The van der Waals surface area contributed by atoms with Crippen LogP contribution in [-0.2, 0) is 23.0 Å². The van der Waals surface area contributed by atoms with Gasteiger partial charge in [0.25, 0.3) is 11.8 Å². The third-order valence-corrected chi connectivity index (χ3v) is 9.23. The van der Waals surface area contributed by atoms with Gasteiger partial charge in [-0.1, -0.05) is 0 Å². The Morgan fingerprint density at radius 1 is 1.04 bits per heavy atom. The summed E-state index contributed by atoms with van der Waals surface area (Å²) < 4.78 is 55.2. The van der Waals surface area contributed by atoms with Crippen molar-refractivity contribution in [2.24, 2.45) is 0 Å². The van der Waals surface area contributed by atoms with Crippen molar-refractivity contribution in [1.29, 1.82) is 0 Å². The van der Waals surface area contributed by atoms with Crippen molar-refractivity contribution in [3.8, 4) is 0 Å². The van der Waals surface area contributed by atoms with E-state index in [1.165, 1.54) is 12.5 Å². The zero-order valence-electron chi connectivity index (χ0n) is 24.9. The van der Waals surface area contributed by atoms with Crippen LogP contribution in [0.1, 0.15) is 39.0 Å². The van der Waals surface area contributed by atoms with E-state index in [-0.39, 0.29) is 42.3 Å². The Labute approximate surface area is 258 Å². The van der Waals surface area contributed by atoms with E-state index >= 15 is 0 Å². The lowest BCUT2D eigenvalue weighted by Gasteiger charge is -2.26. The molecule has 238 valence electrons. The molecule has 0 saturated heterocycles. The highest BCUT2D eigenvalue weighted by atomic mass is 32.2. The number of rotatable bonds is 11. The van der Waals surface area contributed by atoms with Crippen molar-refractivity contribution < 1.29 is 26.8 Å². The minimum Gasteiger partial charge on any atom is -0.370 e. The summed E-state index contributed by atoms with van der Waals surface area (Å²) in [5.74, 6) is -3.02. The third kappa shape index (κ3) is 7.02. The molecule has 0 aliphatic carbocycles. The number of amides is 2. The number of H-pyrrole nitrogens is 2. The van der Waals surface area contributed by atoms with Gasteiger partial charge in [0.2, 0.25) is 10.0 Å². The number of fused-ring (bicyclic) bond motifs is 1. The van der Waals surface area contributed by atoms with E-state index in [0.717, 1.165) is 28.7 Å². The average molecular weight is 642 g/mol. The molecule has 0 bridgehead atoms. The normalized spacial score (nSPS) is 13.5. The van der Waals surface area contributed by atoms with Crippen LogP contribution >= 0.6 is 0 Å². The number of nitrogens with zero attached hydrogens (tertiary/aromatic N) is 5. The standard InChI is InChI=1S/C29H33F2N9O4S/c1-4-39(10-9-38(2)3)20-5-6-22(25(14-20)34-29(42)26-15-32-17-33-26)28(41)35-27-23-16-40(8-7-24(23)36-37-27)45(43,44)21-12-18(30)11-19(31)13-21/h5-6,11-15,17H,4,7-10,16H2,1-3H3,(H,32,33)(H,34,42)(H2,35,36,37,41). The minimum atomic E-state index is -4.26. The second-order valence-electron chi connectivity index (χ2n) is 10.7.